The summed E-state index contributed by atoms with van der Waals surface area (Å²) in [6, 6.07) is 7.02. The molecule has 0 amide bonds. The first-order valence-corrected chi connectivity index (χ1v) is 6.26. The molecule has 0 radical (unpaired) electrons. The number of halogens is 5. The Labute approximate surface area is 127 Å². The summed E-state index contributed by atoms with van der Waals surface area (Å²) < 4.78 is 38.7. The van der Waals surface area contributed by atoms with Crippen molar-refractivity contribution in [3.8, 4) is 11.1 Å². The van der Waals surface area contributed by atoms with Crippen molar-refractivity contribution in [3.63, 3.8) is 0 Å². The van der Waals surface area contributed by atoms with E-state index < -0.39 is 22.4 Å². The van der Waals surface area contributed by atoms with E-state index in [1.54, 1.807) is 0 Å². The molecule has 8 heteroatoms. The van der Waals surface area contributed by atoms with Crippen molar-refractivity contribution in [2.75, 3.05) is 0 Å². The summed E-state index contributed by atoms with van der Waals surface area (Å²) in [5.41, 5.74) is -1.84. The van der Waals surface area contributed by atoms with E-state index in [-0.39, 0.29) is 15.6 Å². The van der Waals surface area contributed by atoms with Crippen LogP contribution in [0.15, 0.2) is 36.4 Å². The van der Waals surface area contributed by atoms with Gasteiger partial charge in [0.25, 0.3) is 5.69 Å². The molecule has 0 aliphatic carbocycles. The number of benzene rings is 2. The van der Waals surface area contributed by atoms with Crippen LogP contribution in [0.3, 0.4) is 0 Å². The minimum Gasteiger partial charge on any atom is -0.258 e. The molecule has 0 saturated carbocycles. The maximum atomic E-state index is 12.9. The van der Waals surface area contributed by atoms with E-state index in [4.69, 9.17) is 23.2 Å². The highest BCUT2D eigenvalue weighted by Gasteiger charge is 2.38. The molecule has 0 aliphatic heterocycles. The lowest BCUT2D eigenvalue weighted by Gasteiger charge is -2.10. The summed E-state index contributed by atoms with van der Waals surface area (Å²) in [6.07, 6.45) is -4.83. The molecule has 0 aromatic heterocycles. The molecule has 21 heavy (non-hydrogen) atoms. The van der Waals surface area contributed by atoms with Gasteiger partial charge in [0.2, 0.25) is 0 Å². The van der Waals surface area contributed by atoms with Crippen molar-refractivity contribution < 1.29 is 18.1 Å². The average Bonchev–Trinajstić information content (AvgIpc) is 2.35. The van der Waals surface area contributed by atoms with Crippen molar-refractivity contribution in [1.82, 2.24) is 0 Å². The second-order valence-corrected chi connectivity index (χ2v) is 5.02. The number of hydrogen-bond acceptors (Lipinski definition) is 2. The molecule has 0 N–H and O–H groups in total. The first-order valence-electron chi connectivity index (χ1n) is 5.50. The molecule has 0 bridgehead atoms. The molecule has 0 unspecified atom stereocenters. The van der Waals surface area contributed by atoms with Gasteiger partial charge in [-0.15, -0.1) is 0 Å². The fourth-order valence-electron chi connectivity index (χ4n) is 1.82. The fourth-order valence-corrected chi connectivity index (χ4v) is 2.35. The summed E-state index contributed by atoms with van der Waals surface area (Å²) in [5.74, 6) is 0. The first kappa shape index (κ1) is 15.6. The minimum absolute atomic E-state index is 0.136. The number of alkyl halides is 3. The van der Waals surface area contributed by atoms with Crippen molar-refractivity contribution >= 4 is 28.9 Å². The van der Waals surface area contributed by atoms with Crippen LogP contribution in [0.25, 0.3) is 11.1 Å². The van der Waals surface area contributed by atoms with Crippen LogP contribution in [-0.4, -0.2) is 4.92 Å². The van der Waals surface area contributed by atoms with Crippen LogP contribution in [0.2, 0.25) is 10.0 Å². The molecular formula is C13H6Cl2F3NO2. The monoisotopic (exact) mass is 335 g/mol. The van der Waals surface area contributed by atoms with Crippen LogP contribution < -0.4 is 0 Å². The lowest BCUT2D eigenvalue weighted by Crippen LogP contribution is -2.09. The van der Waals surface area contributed by atoms with E-state index in [0.717, 1.165) is 6.07 Å². The van der Waals surface area contributed by atoms with E-state index in [1.807, 2.05) is 0 Å². The molecule has 0 heterocycles. The van der Waals surface area contributed by atoms with Crippen LogP contribution in [0.1, 0.15) is 5.56 Å². The second-order valence-electron chi connectivity index (χ2n) is 4.14. The van der Waals surface area contributed by atoms with E-state index in [1.165, 1.54) is 24.3 Å². The van der Waals surface area contributed by atoms with Crippen LogP contribution in [0.5, 0.6) is 0 Å². The molecule has 0 aliphatic rings. The third-order valence-corrected chi connectivity index (χ3v) is 3.13. The zero-order valence-corrected chi connectivity index (χ0v) is 11.6. The van der Waals surface area contributed by atoms with Crippen molar-refractivity contribution in [3.05, 3.63) is 62.1 Å². The summed E-state index contributed by atoms with van der Waals surface area (Å²) in [7, 11) is 0. The van der Waals surface area contributed by atoms with Crippen LogP contribution in [0, 0.1) is 10.1 Å². The van der Waals surface area contributed by atoms with E-state index in [2.05, 4.69) is 0 Å². The Balaban J connectivity index is 2.64. The van der Waals surface area contributed by atoms with Gasteiger partial charge in [0.1, 0.15) is 5.56 Å². The highest BCUT2D eigenvalue weighted by atomic mass is 35.5. The molecule has 110 valence electrons. The van der Waals surface area contributed by atoms with Gasteiger partial charge in [0.05, 0.1) is 4.92 Å². The number of nitrogens with zero attached hydrogens (tertiary/aromatic N) is 1. The Kier molecular flexibility index (Phi) is 4.11. The van der Waals surface area contributed by atoms with Gasteiger partial charge in [-0.2, -0.15) is 13.2 Å². The fraction of sp³-hybridized carbons (Fsp3) is 0.0769. The highest BCUT2D eigenvalue weighted by Crippen LogP contribution is 2.39. The molecule has 0 spiro atoms. The molecule has 0 fully saturated rings. The SMILES string of the molecule is O=[N+]([O-])c1ccc(-c2cc(Cl)cc(Cl)c2)cc1C(F)(F)F. The maximum Gasteiger partial charge on any atom is 0.423 e. The summed E-state index contributed by atoms with van der Waals surface area (Å²) in [5, 5.41) is 11.2. The lowest BCUT2D eigenvalue weighted by atomic mass is 10.0. The third kappa shape index (κ3) is 3.46. The maximum absolute atomic E-state index is 12.9. The Hall–Kier alpha value is -1.79. The summed E-state index contributed by atoms with van der Waals surface area (Å²) in [4.78, 5) is 9.62. The summed E-state index contributed by atoms with van der Waals surface area (Å²) in [6.45, 7) is 0. The van der Waals surface area contributed by atoms with E-state index in [9.17, 15) is 23.3 Å². The molecule has 2 rings (SSSR count). The third-order valence-electron chi connectivity index (χ3n) is 2.69. The van der Waals surface area contributed by atoms with Gasteiger partial charge < -0.3 is 0 Å². The van der Waals surface area contributed by atoms with Gasteiger partial charge >= 0.3 is 6.18 Å². The highest BCUT2D eigenvalue weighted by molar-refractivity contribution is 6.35. The minimum atomic E-state index is -4.83. The van der Waals surface area contributed by atoms with Gasteiger partial charge in [-0.3, -0.25) is 10.1 Å². The number of hydrogen-bond donors (Lipinski definition) is 0. The Morgan fingerprint density at radius 1 is 0.952 bits per heavy atom. The van der Waals surface area contributed by atoms with Gasteiger partial charge in [0, 0.05) is 16.1 Å². The molecule has 2 aromatic rings. The molecule has 0 atom stereocenters. The van der Waals surface area contributed by atoms with E-state index in [0.29, 0.717) is 11.6 Å². The Morgan fingerprint density at radius 2 is 1.52 bits per heavy atom. The molecular weight excluding hydrogens is 330 g/mol. The largest absolute Gasteiger partial charge is 0.423 e. The topological polar surface area (TPSA) is 43.1 Å². The number of nitro benzene ring substituents is 1. The normalized spacial score (nSPS) is 11.5. The lowest BCUT2D eigenvalue weighted by molar-refractivity contribution is -0.388. The van der Waals surface area contributed by atoms with Crippen LogP contribution in [0.4, 0.5) is 18.9 Å². The quantitative estimate of drug-likeness (QED) is 0.530. The van der Waals surface area contributed by atoms with Crippen molar-refractivity contribution in [2.24, 2.45) is 0 Å². The summed E-state index contributed by atoms with van der Waals surface area (Å²) >= 11 is 11.6. The molecule has 0 saturated heterocycles. The van der Waals surface area contributed by atoms with E-state index >= 15 is 0 Å². The Morgan fingerprint density at radius 3 is 2.00 bits per heavy atom. The zero-order chi connectivity index (χ0) is 15.8. The van der Waals surface area contributed by atoms with Crippen LogP contribution in [-0.2, 0) is 6.18 Å². The smallest absolute Gasteiger partial charge is 0.258 e. The predicted molar refractivity (Wildman–Crippen MR) is 73.6 cm³/mol. The number of rotatable bonds is 2. The van der Waals surface area contributed by atoms with Gasteiger partial charge in [-0.25, -0.2) is 0 Å². The predicted octanol–water partition coefficient (Wildman–Crippen LogP) is 5.59. The molecule has 2 aromatic carbocycles. The van der Waals surface area contributed by atoms with Crippen molar-refractivity contribution in [2.45, 2.75) is 6.18 Å². The average molecular weight is 336 g/mol. The van der Waals surface area contributed by atoms with Gasteiger partial charge in [-0.1, -0.05) is 23.2 Å². The number of nitro groups is 1. The standard InChI is InChI=1S/C13H6Cl2F3NO2/c14-9-3-8(4-10(15)6-9)7-1-2-12(19(20)21)11(5-7)13(16,17)18/h1-6H. The Bertz CT molecular complexity index is 697. The van der Waals surface area contributed by atoms with Gasteiger partial charge in [-0.05, 0) is 41.5 Å². The molecule has 3 nitrogen and oxygen atoms in total. The van der Waals surface area contributed by atoms with Crippen LogP contribution >= 0.6 is 23.2 Å². The van der Waals surface area contributed by atoms with Crippen molar-refractivity contribution in [1.29, 1.82) is 0 Å². The second kappa shape index (κ2) is 5.54. The zero-order valence-electron chi connectivity index (χ0n) is 10.1. The van der Waals surface area contributed by atoms with Gasteiger partial charge in [0.15, 0.2) is 0 Å². The first-order chi connectivity index (χ1) is 9.68.